The van der Waals surface area contributed by atoms with Crippen LogP contribution in [0.3, 0.4) is 0 Å². The normalized spacial score (nSPS) is 12.5. The summed E-state index contributed by atoms with van der Waals surface area (Å²) in [6.07, 6.45) is 0.574. The maximum Gasteiger partial charge on any atom is 0.499 e. The first kappa shape index (κ1) is 18.3. The van der Waals surface area contributed by atoms with Gasteiger partial charge < -0.3 is 9.71 Å². The van der Waals surface area contributed by atoms with Gasteiger partial charge in [-0.3, -0.25) is 0 Å². The Labute approximate surface area is 128 Å². The van der Waals surface area contributed by atoms with Gasteiger partial charge in [0.2, 0.25) is 0 Å². The smallest absolute Gasteiger partial charge is 0.382 e. The number of nitrogens with zero attached hydrogens (tertiary/aromatic N) is 2. The second kappa shape index (κ2) is 6.16. The van der Waals surface area contributed by atoms with Gasteiger partial charge in [-0.05, 0) is 31.2 Å². The van der Waals surface area contributed by atoms with E-state index in [2.05, 4.69) is 8.97 Å². The molecule has 0 aliphatic rings. The Kier molecular flexibility index (Phi) is 5.13. The molecule has 1 rings (SSSR count). The third-order valence-electron chi connectivity index (χ3n) is 2.34. The predicted octanol–water partition coefficient (Wildman–Crippen LogP) is -0.181. The van der Waals surface area contributed by atoms with Gasteiger partial charge in [-0.1, -0.05) is 0 Å². The fourth-order valence-electron chi connectivity index (χ4n) is 1.31. The third-order valence-corrected chi connectivity index (χ3v) is 7.21. The zero-order chi connectivity index (χ0) is 17.2. The molecule has 0 saturated carbocycles. The van der Waals surface area contributed by atoms with Crippen LogP contribution >= 0.6 is 0 Å². The maximum atomic E-state index is 12.0. The molecule has 1 aromatic rings. The van der Waals surface area contributed by atoms with Gasteiger partial charge in [-0.2, -0.15) is 8.42 Å². The van der Waals surface area contributed by atoms with Gasteiger partial charge in [0.1, 0.15) is 5.75 Å². The van der Waals surface area contributed by atoms with Crippen molar-refractivity contribution in [1.82, 2.24) is 0 Å². The molecule has 0 radical (unpaired) electrons. The van der Waals surface area contributed by atoms with Crippen molar-refractivity contribution in [3.63, 3.8) is 0 Å². The Bertz CT molecular complexity index is 923. The van der Waals surface area contributed by atoms with E-state index in [9.17, 15) is 25.3 Å². The topological polar surface area (TPSA) is 148 Å². The molecule has 0 aliphatic heterocycles. The summed E-state index contributed by atoms with van der Waals surface area (Å²) in [6.45, 7) is 1.37. The van der Waals surface area contributed by atoms with Crippen molar-refractivity contribution in [3.05, 3.63) is 29.8 Å². The molecule has 0 unspecified atom stereocenters. The quantitative estimate of drug-likeness (QED) is 0.235. The van der Waals surface area contributed by atoms with Crippen LogP contribution in [0.15, 0.2) is 29.2 Å². The highest BCUT2D eigenvalue weighted by atomic mass is 32.3. The Hall–Kier alpha value is -1.75. The minimum absolute atomic E-state index is 0.136. The molecule has 0 amide bonds. The summed E-state index contributed by atoms with van der Waals surface area (Å²) in [5, 5.41) is 0. The molecule has 12 heteroatoms. The molecule has 0 bridgehead atoms. The van der Waals surface area contributed by atoms with Crippen LogP contribution in [0.1, 0.15) is 6.92 Å². The van der Waals surface area contributed by atoms with E-state index in [1.54, 1.807) is 0 Å². The summed E-state index contributed by atoms with van der Waals surface area (Å²) >= 11 is 0. The molecule has 0 atom stereocenters. The van der Waals surface area contributed by atoms with Crippen LogP contribution in [-0.2, 0) is 29.8 Å². The van der Waals surface area contributed by atoms with Gasteiger partial charge in [0.05, 0.1) is 16.9 Å². The van der Waals surface area contributed by atoms with Crippen LogP contribution < -0.4 is 4.18 Å². The van der Waals surface area contributed by atoms with E-state index in [-0.39, 0.29) is 11.5 Å². The Morgan fingerprint density at radius 2 is 1.59 bits per heavy atom. The van der Waals surface area contributed by atoms with Gasteiger partial charge >= 0.3 is 14.5 Å². The van der Waals surface area contributed by atoms with Crippen LogP contribution in [0.5, 0.6) is 5.75 Å². The lowest BCUT2D eigenvalue weighted by Crippen LogP contribution is -2.25. The molecule has 0 heterocycles. The summed E-state index contributed by atoms with van der Waals surface area (Å²) in [7, 11) is -12.6. The maximum absolute atomic E-state index is 12.0. The number of hydrogen-bond donors (Lipinski definition) is 0. The monoisotopic (exact) mass is 368 g/mol. The number of sulfone groups is 2. The minimum Gasteiger partial charge on any atom is -0.382 e. The van der Waals surface area contributed by atoms with E-state index in [0.29, 0.717) is 6.26 Å². The molecule has 0 fully saturated rings. The van der Waals surface area contributed by atoms with Crippen molar-refractivity contribution in [3.8, 4) is 5.75 Å². The number of rotatable bonds is 4. The highest BCUT2D eigenvalue weighted by Crippen LogP contribution is 2.20. The van der Waals surface area contributed by atoms with Gasteiger partial charge in [0.25, 0.3) is 19.7 Å². The summed E-state index contributed by atoms with van der Waals surface area (Å²) in [4.78, 5) is 1.82. The summed E-state index contributed by atoms with van der Waals surface area (Å²) in [6, 6.07) is 3.95. The predicted molar refractivity (Wildman–Crippen MR) is 77.2 cm³/mol. The van der Waals surface area contributed by atoms with Gasteiger partial charge in [-0.15, -0.1) is 4.79 Å². The van der Waals surface area contributed by atoms with Gasteiger partial charge in [0.15, 0.2) is 0 Å². The van der Waals surface area contributed by atoms with E-state index in [1.165, 1.54) is 6.92 Å². The van der Waals surface area contributed by atoms with Gasteiger partial charge in [0, 0.05) is 0 Å². The summed E-state index contributed by atoms with van der Waals surface area (Å²) < 4.78 is 72.4. The first-order valence-electron chi connectivity index (χ1n) is 5.63. The summed E-state index contributed by atoms with van der Waals surface area (Å²) in [5.74, 6) is -0.412. The lowest BCUT2D eigenvalue weighted by Gasteiger charge is -2.05. The van der Waals surface area contributed by atoms with Gasteiger partial charge in [-0.25, -0.2) is 16.8 Å². The molecular weight excluding hydrogens is 356 g/mol. The van der Waals surface area contributed by atoms with Crippen LogP contribution in [0.25, 0.3) is 5.53 Å². The van der Waals surface area contributed by atoms with E-state index in [0.717, 1.165) is 24.3 Å². The average molecular weight is 368 g/mol. The Morgan fingerprint density at radius 3 is 1.95 bits per heavy atom. The van der Waals surface area contributed by atoms with Crippen molar-refractivity contribution < 1.29 is 34.2 Å². The first-order chi connectivity index (χ1) is 9.94. The second-order valence-electron chi connectivity index (χ2n) is 4.04. The highest BCUT2D eigenvalue weighted by Gasteiger charge is 2.39. The largest absolute Gasteiger partial charge is 0.499 e. The van der Waals surface area contributed by atoms with Crippen LogP contribution in [0, 0.1) is 0 Å². The second-order valence-corrected chi connectivity index (χ2v) is 9.96. The Balaban J connectivity index is 3.28. The lowest BCUT2D eigenvalue weighted by atomic mass is 10.3. The standard InChI is InChI=1S/C10H12N2O7S3/c1-3-21(15,16)19-8-4-6-9(7-5-8)22(17,18)10(12-11)20(2,13)14/h4-7H,3H2,1-2H3. The Morgan fingerprint density at radius 1 is 1.09 bits per heavy atom. The molecule has 0 aliphatic carbocycles. The SMILES string of the molecule is CCS(=O)(=O)Oc1ccc(S(=O)(=O)C(=[N+]=[N-])S(C)(=O)=O)cc1. The average Bonchev–Trinajstić information content (AvgIpc) is 2.37. The van der Waals surface area contributed by atoms with Crippen molar-refractivity contribution in [1.29, 1.82) is 0 Å². The molecule has 22 heavy (non-hydrogen) atoms. The zero-order valence-corrected chi connectivity index (χ0v) is 13.9. The fourth-order valence-corrected chi connectivity index (χ4v) is 4.66. The molecule has 0 saturated heterocycles. The molecular formula is C10H12N2O7S3. The molecule has 0 aromatic heterocycles. The molecule has 122 valence electrons. The minimum atomic E-state index is -4.57. The fraction of sp³-hybridized carbons (Fsp3) is 0.300. The molecule has 1 aromatic carbocycles. The summed E-state index contributed by atoms with van der Waals surface area (Å²) in [5.41, 5.74) is 8.62. The van der Waals surface area contributed by atoms with Crippen LogP contribution in [-0.4, -0.2) is 46.4 Å². The van der Waals surface area contributed by atoms with Crippen LogP contribution in [0.4, 0.5) is 0 Å². The van der Waals surface area contributed by atoms with E-state index >= 15 is 0 Å². The lowest BCUT2D eigenvalue weighted by molar-refractivity contribution is 0.00385. The van der Waals surface area contributed by atoms with E-state index in [4.69, 9.17) is 5.53 Å². The molecule has 0 spiro atoms. The molecule has 9 nitrogen and oxygen atoms in total. The highest BCUT2D eigenvalue weighted by molar-refractivity contribution is 8.30. The third kappa shape index (κ3) is 4.13. The van der Waals surface area contributed by atoms with Crippen molar-refractivity contribution in [2.24, 2.45) is 0 Å². The first-order valence-corrected chi connectivity index (χ1v) is 10.6. The number of hydrogen-bond acceptors (Lipinski definition) is 7. The van der Waals surface area contributed by atoms with Crippen molar-refractivity contribution in [2.75, 3.05) is 12.0 Å². The van der Waals surface area contributed by atoms with E-state index < -0.39 is 39.1 Å². The van der Waals surface area contributed by atoms with Crippen LogP contribution in [0.2, 0.25) is 0 Å². The van der Waals surface area contributed by atoms with Crippen molar-refractivity contribution >= 4 is 34.2 Å². The zero-order valence-electron chi connectivity index (χ0n) is 11.5. The van der Waals surface area contributed by atoms with Crippen molar-refractivity contribution in [2.45, 2.75) is 11.8 Å². The number of benzene rings is 1. The van der Waals surface area contributed by atoms with E-state index in [1.807, 2.05) is 0 Å². The molecule has 0 N–H and O–H groups in total.